The molecule has 3 rings (SSSR count). The summed E-state index contributed by atoms with van der Waals surface area (Å²) in [5, 5.41) is 2.94. The average Bonchev–Trinajstić information content (AvgIpc) is 2.79. The topological polar surface area (TPSA) is 58.6 Å². The highest BCUT2D eigenvalue weighted by molar-refractivity contribution is 5.83. The van der Waals surface area contributed by atoms with Crippen molar-refractivity contribution in [2.24, 2.45) is 11.3 Å². The molecule has 6 heteroatoms. The molecule has 0 saturated heterocycles. The lowest BCUT2D eigenvalue weighted by Crippen LogP contribution is -2.45. The van der Waals surface area contributed by atoms with Gasteiger partial charge >= 0.3 is 0 Å². The summed E-state index contributed by atoms with van der Waals surface area (Å²) in [5.41, 5.74) is 2.37. The third kappa shape index (κ3) is 5.96. The zero-order chi connectivity index (χ0) is 25.0. The van der Waals surface area contributed by atoms with Gasteiger partial charge in [0, 0.05) is 18.5 Å². The zero-order valence-corrected chi connectivity index (χ0v) is 21.2. The van der Waals surface area contributed by atoms with Crippen molar-refractivity contribution >= 4 is 11.8 Å². The SMILES string of the molecule is CC[C@@H](Oc1ccc2c(c1)[C@H](c1ccc(F)cc1)N(C(=O)C(C)(C)C)CC2)C(=O)NCC(C)C. The number of halogens is 1. The van der Waals surface area contributed by atoms with E-state index in [1.165, 1.54) is 12.1 Å². The van der Waals surface area contributed by atoms with Crippen LogP contribution < -0.4 is 10.1 Å². The smallest absolute Gasteiger partial charge is 0.261 e. The van der Waals surface area contributed by atoms with Crippen molar-refractivity contribution in [2.75, 3.05) is 13.1 Å². The molecule has 0 radical (unpaired) electrons. The average molecular weight is 469 g/mol. The highest BCUT2D eigenvalue weighted by Gasteiger charge is 2.37. The number of amides is 2. The number of hydrogen-bond acceptors (Lipinski definition) is 3. The highest BCUT2D eigenvalue weighted by atomic mass is 19.1. The van der Waals surface area contributed by atoms with Crippen LogP contribution in [0.4, 0.5) is 4.39 Å². The lowest BCUT2D eigenvalue weighted by Gasteiger charge is -2.41. The van der Waals surface area contributed by atoms with Crippen molar-refractivity contribution in [1.82, 2.24) is 10.2 Å². The van der Waals surface area contributed by atoms with Crippen molar-refractivity contribution in [3.05, 3.63) is 65.0 Å². The predicted molar refractivity (Wildman–Crippen MR) is 132 cm³/mol. The van der Waals surface area contributed by atoms with E-state index < -0.39 is 11.5 Å². The molecule has 0 unspecified atom stereocenters. The van der Waals surface area contributed by atoms with E-state index in [1.807, 2.05) is 64.6 Å². The lowest BCUT2D eigenvalue weighted by atomic mass is 9.85. The van der Waals surface area contributed by atoms with E-state index in [0.29, 0.717) is 31.2 Å². The van der Waals surface area contributed by atoms with Crippen molar-refractivity contribution in [3.8, 4) is 5.75 Å². The Hall–Kier alpha value is -2.89. The molecule has 2 aromatic carbocycles. The van der Waals surface area contributed by atoms with E-state index in [0.717, 1.165) is 23.1 Å². The minimum Gasteiger partial charge on any atom is -0.481 e. The largest absolute Gasteiger partial charge is 0.481 e. The number of fused-ring (bicyclic) bond motifs is 1. The molecule has 0 bridgehead atoms. The highest BCUT2D eigenvalue weighted by Crippen LogP contribution is 2.39. The summed E-state index contributed by atoms with van der Waals surface area (Å²) >= 11 is 0. The van der Waals surface area contributed by atoms with Crippen LogP contribution >= 0.6 is 0 Å². The Kier molecular flexibility index (Phi) is 8.01. The van der Waals surface area contributed by atoms with Crippen molar-refractivity contribution in [2.45, 2.75) is 66.5 Å². The molecule has 1 heterocycles. The maximum absolute atomic E-state index is 13.7. The second-order valence-electron chi connectivity index (χ2n) is 10.5. The molecule has 184 valence electrons. The molecule has 1 N–H and O–H groups in total. The quantitative estimate of drug-likeness (QED) is 0.602. The number of carbonyl (C=O) groups is 2. The fraction of sp³-hybridized carbons (Fsp3) is 0.500. The van der Waals surface area contributed by atoms with Crippen LogP contribution in [0.2, 0.25) is 0 Å². The van der Waals surface area contributed by atoms with E-state index in [1.54, 1.807) is 12.1 Å². The molecule has 1 aliphatic rings. The number of nitrogens with zero attached hydrogens (tertiary/aromatic N) is 1. The van der Waals surface area contributed by atoms with Gasteiger partial charge in [-0.15, -0.1) is 0 Å². The standard InChI is InChI=1S/C28H37FN2O3/c1-7-24(26(32)30-17-18(2)3)34-22-13-10-19-14-15-31(27(33)28(4,5)6)25(23(19)16-22)20-8-11-21(29)12-9-20/h8-13,16,18,24-25H,7,14-15,17H2,1-6H3,(H,30,32)/t24-,25+/m1/s1. The van der Waals surface area contributed by atoms with Gasteiger partial charge in [-0.3, -0.25) is 9.59 Å². The number of hydrogen-bond donors (Lipinski definition) is 1. The first-order valence-electron chi connectivity index (χ1n) is 12.1. The van der Waals surface area contributed by atoms with Crippen LogP contribution in [0, 0.1) is 17.2 Å². The molecular weight excluding hydrogens is 431 g/mol. The van der Waals surface area contributed by atoms with Crippen LogP contribution in [0.3, 0.4) is 0 Å². The molecule has 0 saturated carbocycles. The molecule has 34 heavy (non-hydrogen) atoms. The van der Waals surface area contributed by atoms with Crippen molar-refractivity contribution in [1.29, 1.82) is 0 Å². The maximum atomic E-state index is 13.7. The predicted octanol–water partition coefficient (Wildman–Crippen LogP) is 5.28. The van der Waals surface area contributed by atoms with Gasteiger partial charge < -0.3 is 15.0 Å². The van der Waals surface area contributed by atoms with Crippen LogP contribution in [0.25, 0.3) is 0 Å². The molecule has 0 aromatic heterocycles. The van der Waals surface area contributed by atoms with Gasteiger partial charge in [0.25, 0.3) is 5.91 Å². The molecule has 0 aliphatic carbocycles. The van der Waals surface area contributed by atoms with Gasteiger partial charge in [-0.1, -0.05) is 59.7 Å². The summed E-state index contributed by atoms with van der Waals surface area (Å²) in [7, 11) is 0. The van der Waals surface area contributed by atoms with Gasteiger partial charge in [-0.25, -0.2) is 4.39 Å². The third-order valence-electron chi connectivity index (χ3n) is 6.06. The second kappa shape index (κ2) is 10.6. The fourth-order valence-corrected chi connectivity index (χ4v) is 4.23. The second-order valence-corrected chi connectivity index (χ2v) is 10.5. The van der Waals surface area contributed by atoms with Gasteiger partial charge in [0.15, 0.2) is 6.10 Å². The van der Waals surface area contributed by atoms with Crippen LogP contribution in [0.15, 0.2) is 42.5 Å². The third-order valence-corrected chi connectivity index (χ3v) is 6.06. The van der Waals surface area contributed by atoms with Crippen molar-refractivity contribution in [3.63, 3.8) is 0 Å². The van der Waals surface area contributed by atoms with Gasteiger partial charge in [0.2, 0.25) is 5.91 Å². The Morgan fingerprint density at radius 3 is 2.41 bits per heavy atom. The van der Waals surface area contributed by atoms with Gasteiger partial charge in [-0.2, -0.15) is 0 Å². The number of carbonyl (C=O) groups excluding carboxylic acids is 2. The summed E-state index contributed by atoms with van der Waals surface area (Å²) in [6.07, 6.45) is 0.662. The number of benzene rings is 2. The summed E-state index contributed by atoms with van der Waals surface area (Å²) in [4.78, 5) is 27.9. The van der Waals surface area contributed by atoms with Crippen LogP contribution in [-0.4, -0.2) is 35.9 Å². The van der Waals surface area contributed by atoms with Gasteiger partial charge in [0.1, 0.15) is 11.6 Å². The monoisotopic (exact) mass is 468 g/mol. The van der Waals surface area contributed by atoms with Crippen LogP contribution in [0.1, 0.15) is 70.7 Å². The number of ether oxygens (including phenoxy) is 1. The molecule has 0 spiro atoms. The van der Waals surface area contributed by atoms with Gasteiger partial charge in [-0.05, 0) is 59.7 Å². The van der Waals surface area contributed by atoms with E-state index in [2.05, 4.69) is 5.32 Å². The summed E-state index contributed by atoms with van der Waals surface area (Å²) in [6, 6.07) is 11.8. The van der Waals surface area contributed by atoms with Gasteiger partial charge in [0.05, 0.1) is 6.04 Å². The molecule has 1 aliphatic heterocycles. The Morgan fingerprint density at radius 2 is 1.82 bits per heavy atom. The summed E-state index contributed by atoms with van der Waals surface area (Å²) in [6.45, 7) is 12.9. The Labute approximate surface area is 202 Å². The minimum absolute atomic E-state index is 0.0401. The van der Waals surface area contributed by atoms with E-state index >= 15 is 0 Å². The van der Waals surface area contributed by atoms with E-state index in [9.17, 15) is 14.0 Å². The Balaban J connectivity index is 1.97. The molecular formula is C28H37FN2O3. The summed E-state index contributed by atoms with van der Waals surface area (Å²) in [5.74, 6) is 0.533. The molecule has 2 amide bonds. The number of nitrogens with one attached hydrogen (secondary N) is 1. The number of rotatable bonds is 7. The van der Waals surface area contributed by atoms with Crippen molar-refractivity contribution < 1.29 is 18.7 Å². The zero-order valence-electron chi connectivity index (χ0n) is 21.2. The molecule has 0 fully saturated rings. The molecule has 2 aromatic rings. The van der Waals surface area contributed by atoms with E-state index in [-0.39, 0.29) is 23.7 Å². The molecule has 2 atom stereocenters. The molecule has 5 nitrogen and oxygen atoms in total. The normalized spacial score (nSPS) is 16.7. The minimum atomic E-state index is -0.600. The fourth-order valence-electron chi connectivity index (χ4n) is 4.23. The Morgan fingerprint density at radius 1 is 1.15 bits per heavy atom. The first kappa shape index (κ1) is 25.7. The van der Waals surface area contributed by atoms with Crippen LogP contribution in [0.5, 0.6) is 5.75 Å². The first-order chi connectivity index (χ1) is 16.0. The first-order valence-corrected chi connectivity index (χ1v) is 12.1. The lowest BCUT2D eigenvalue weighted by molar-refractivity contribution is -0.141. The van der Waals surface area contributed by atoms with Crippen LogP contribution in [-0.2, 0) is 16.0 Å². The maximum Gasteiger partial charge on any atom is 0.261 e. The van der Waals surface area contributed by atoms with E-state index in [4.69, 9.17) is 4.74 Å². The summed E-state index contributed by atoms with van der Waals surface area (Å²) < 4.78 is 19.8. The Bertz CT molecular complexity index is 1010.